The summed E-state index contributed by atoms with van der Waals surface area (Å²) in [6.07, 6.45) is 3.76. The van der Waals surface area contributed by atoms with Gasteiger partial charge in [-0.2, -0.15) is 0 Å². The number of hydrogen-bond donors (Lipinski definition) is 1. The van der Waals surface area contributed by atoms with Crippen molar-refractivity contribution in [3.8, 4) is 0 Å². The van der Waals surface area contributed by atoms with Crippen molar-refractivity contribution in [1.82, 2.24) is 0 Å². The maximum Gasteiger partial charge on any atom is 0.0471 e. The highest BCUT2D eigenvalue weighted by molar-refractivity contribution is 4.98. The fraction of sp³-hybridized carbons (Fsp3) is 1.00. The van der Waals surface area contributed by atoms with Gasteiger partial charge in [-0.3, -0.25) is 0 Å². The molecule has 2 heteroatoms. The number of rotatable bonds is 5. The van der Waals surface area contributed by atoms with Gasteiger partial charge in [0, 0.05) is 19.3 Å². The molecule has 0 aromatic carbocycles. The molecule has 0 aromatic rings. The first-order valence-electron chi connectivity index (χ1n) is 4.54. The molecule has 1 rings (SSSR count). The maximum atomic E-state index is 5.86. The number of hydrogen-bond acceptors (Lipinski definition) is 2. The summed E-state index contributed by atoms with van der Waals surface area (Å²) in [7, 11) is 0. The van der Waals surface area contributed by atoms with Crippen molar-refractivity contribution in [2.24, 2.45) is 11.1 Å². The van der Waals surface area contributed by atoms with Crippen LogP contribution in [0.15, 0.2) is 0 Å². The lowest BCUT2D eigenvalue weighted by Gasteiger charge is -2.18. The lowest BCUT2D eigenvalue weighted by molar-refractivity contribution is 0.124. The average Bonchev–Trinajstić information content (AvgIpc) is 2.70. The minimum absolute atomic E-state index is 0.350. The van der Waals surface area contributed by atoms with E-state index in [0.29, 0.717) is 11.5 Å². The molecule has 2 N–H and O–H groups in total. The van der Waals surface area contributed by atoms with E-state index in [1.165, 1.54) is 12.8 Å². The molecule has 11 heavy (non-hydrogen) atoms. The third kappa shape index (κ3) is 2.17. The first-order chi connectivity index (χ1) is 5.21. The van der Waals surface area contributed by atoms with Gasteiger partial charge in [0.1, 0.15) is 0 Å². The van der Waals surface area contributed by atoms with Gasteiger partial charge >= 0.3 is 0 Å². The van der Waals surface area contributed by atoms with E-state index < -0.39 is 0 Å². The zero-order chi connectivity index (χ0) is 8.32. The Bertz CT molecular complexity index is 119. The molecule has 0 aliphatic heterocycles. The molecule has 1 aliphatic carbocycles. The lowest BCUT2D eigenvalue weighted by Crippen LogP contribution is -2.29. The van der Waals surface area contributed by atoms with Crippen LogP contribution in [0.2, 0.25) is 0 Å². The summed E-state index contributed by atoms with van der Waals surface area (Å²) in [5.74, 6) is 0. The van der Waals surface area contributed by atoms with E-state index >= 15 is 0 Å². The number of nitrogens with two attached hydrogens (primary N) is 1. The summed E-state index contributed by atoms with van der Waals surface area (Å²) in [4.78, 5) is 0. The normalized spacial score (nSPS) is 23.2. The third-order valence-corrected chi connectivity index (χ3v) is 2.81. The van der Waals surface area contributed by atoms with Gasteiger partial charge in [0.2, 0.25) is 0 Å². The van der Waals surface area contributed by atoms with Gasteiger partial charge in [-0.15, -0.1) is 0 Å². The zero-order valence-electron chi connectivity index (χ0n) is 7.60. The van der Waals surface area contributed by atoms with Crippen molar-refractivity contribution >= 4 is 0 Å². The van der Waals surface area contributed by atoms with Gasteiger partial charge in [0.05, 0.1) is 0 Å². The molecular weight excluding hydrogens is 138 g/mol. The van der Waals surface area contributed by atoms with E-state index in [-0.39, 0.29) is 0 Å². The highest BCUT2D eigenvalue weighted by Gasteiger charge is 2.45. The third-order valence-electron chi connectivity index (χ3n) is 2.81. The van der Waals surface area contributed by atoms with Crippen molar-refractivity contribution in [3.05, 3.63) is 0 Å². The van der Waals surface area contributed by atoms with Crippen LogP contribution in [0, 0.1) is 5.41 Å². The van der Waals surface area contributed by atoms with E-state index in [9.17, 15) is 0 Å². The van der Waals surface area contributed by atoms with Gasteiger partial charge < -0.3 is 10.5 Å². The Balaban J connectivity index is 2.14. The molecule has 1 saturated carbocycles. The SMILES string of the molecule is CCOCCC1(C(C)N)CC1. The first kappa shape index (κ1) is 9.01. The average molecular weight is 157 g/mol. The predicted octanol–water partition coefficient (Wildman–Crippen LogP) is 1.54. The molecule has 66 valence electrons. The molecule has 1 aliphatic rings. The van der Waals surface area contributed by atoms with E-state index in [0.717, 1.165) is 19.6 Å². The Hall–Kier alpha value is -0.0800. The predicted molar refractivity (Wildman–Crippen MR) is 46.4 cm³/mol. The Labute approximate surface area is 69.1 Å². The van der Waals surface area contributed by atoms with Crippen molar-refractivity contribution in [2.45, 2.75) is 39.2 Å². The molecule has 1 atom stereocenters. The van der Waals surface area contributed by atoms with E-state index in [1.54, 1.807) is 0 Å². The molecule has 1 fully saturated rings. The summed E-state index contributed by atoms with van der Waals surface area (Å²) in [5, 5.41) is 0. The summed E-state index contributed by atoms with van der Waals surface area (Å²) in [6.45, 7) is 5.86. The first-order valence-corrected chi connectivity index (χ1v) is 4.54. The molecule has 0 radical (unpaired) electrons. The van der Waals surface area contributed by atoms with E-state index in [2.05, 4.69) is 6.92 Å². The van der Waals surface area contributed by atoms with Crippen molar-refractivity contribution < 1.29 is 4.74 Å². The largest absolute Gasteiger partial charge is 0.382 e. The lowest BCUT2D eigenvalue weighted by atomic mass is 9.95. The Morgan fingerprint density at radius 2 is 2.18 bits per heavy atom. The van der Waals surface area contributed by atoms with Crippen LogP contribution in [0.5, 0.6) is 0 Å². The molecule has 0 saturated heterocycles. The number of ether oxygens (including phenoxy) is 1. The highest BCUT2D eigenvalue weighted by Crippen LogP contribution is 2.50. The zero-order valence-corrected chi connectivity index (χ0v) is 7.60. The fourth-order valence-corrected chi connectivity index (χ4v) is 1.51. The van der Waals surface area contributed by atoms with Crippen LogP contribution in [-0.2, 0) is 4.74 Å². The van der Waals surface area contributed by atoms with Gasteiger partial charge in [-0.05, 0) is 38.5 Å². The standard InChI is InChI=1S/C9H19NO/c1-3-11-7-6-9(4-5-9)8(2)10/h8H,3-7,10H2,1-2H3. The smallest absolute Gasteiger partial charge is 0.0471 e. The van der Waals surface area contributed by atoms with Crippen molar-refractivity contribution in [1.29, 1.82) is 0 Å². The monoisotopic (exact) mass is 157 g/mol. The topological polar surface area (TPSA) is 35.2 Å². The van der Waals surface area contributed by atoms with Crippen LogP contribution >= 0.6 is 0 Å². The van der Waals surface area contributed by atoms with Crippen molar-refractivity contribution in [2.75, 3.05) is 13.2 Å². The van der Waals surface area contributed by atoms with Crippen LogP contribution in [0.4, 0.5) is 0 Å². The van der Waals surface area contributed by atoms with Crippen LogP contribution in [0.3, 0.4) is 0 Å². The fourth-order valence-electron chi connectivity index (χ4n) is 1.51. The summed E-state index contributed by atoms with van der Waals surface area (Å²) in [6, 6.07) is 0.350. The maximum absolute atomic E-state index is 5.86. The van der Waals surface area contributed by atoms with Crippen LogP contribution in [0.1, 0.15) is 33.1 Å². The van der Waals surface area contributed by atoms with Crippen LogP contribution < -0.4 is 5.73 Å². The summed E-state index contributed by atoms with van der Waals surface area (Å²) < 4.78 is 5.30. The molecule has 2 nitrogen and oxygen atoms in total. The summed E-state index contributed by atoms with van der Waals surface area (Å²) in [5.41, 5.74) is 6.31. The van der Waals surface area contributed by atoms with Gasteiger partial charge in [0.25, 0.3) is 0 Å². The highest BCUT2D eigenvalue weighted by atomic mass is 16.5. The van der Waals surface area contributed by atoms with Gasteiger partial charge in [-0.25, -0.2) is 0 Å². The van der Waals surface area contributed by atoms with E-state index in [1.807, 2.05) is 6.92 Å². The van der Waals surface area contributed by atoms with Crippen LogP contribution in [0.25, 0.3) is 0 Å². The minimum Gasteiger partial charge on any atom is -0.382 e. The second kappa shape index (κ2) is 3.55. The molecular formula is C9H19NO. The quantitative estimate of drug-likeness (QED) is 0.614. The van der Waals surface area contributed by atoms with Crippen molar-refractivity contribution in [3.63, 3.8) is 0 Å². The second-order valence-corrected chi connectivity index (χ2v) is 3.60. The molecule has 0 aromatic heterocycles. The van der Waals surface area contributed by atoms with Crippen LogP contribution in [-0.4, -0.2) is 19.3 Å². The second-order valence-electron chi connectivity index (χ2n) is 3.60. The van der Waals surface area contributed by atoms with Gasteiger partial charge in [-0.1, -0.05) is 0 Å². The Morgan fingerprint density at radius 1 is 1.55 bits per heavy atom. The summed E-state index contributed by atoms with van der Waals surface area (Å²) >= 11 is 0. The van der Waals surface area contributed by atoms with E-state index in [4.69, 9.17) is 10.5 Å². The minimum atomic E-state index is 0.350. The Kier molecular flexibility index (Phi) is 2.90. The molecule has 0 spiro atoms. The van der Waals surface area contributed by atoms with Gasteiger partial charge in [0.15, 0.2) is 0 Å². The Morgan fingerprint density at radius 3 is 2.55 bits per heavy atom. The molecule has 0 heterocycles. The molecule has 0 amide bonds. The molecule has 1 unspecified atom stereocenters. The molecule has 0 bridgehead atoms.